The highest BCUT2D eigenvalue weighted by Gasteiger charge is 2.22. The molecule has 0 bridgehead atoms. The fourth-order valence-corrected chi connectivity index (χ4v) is 4.66. The van der Waals surface area contributed by atoms with Crippen LogP contribution in [0.2, 0.25) is 5.02 Å². The van der Waals surface area contributed by atoms with Gasteiger partial charge < -0.3 is 5.11 Å². The lowest BCUT2D eigenvalue weighted by atomic mass is 9.98. The monoisotopic (exact) mass is 457 g/mol. The van der Waals surface area contributed by atoms with Crippen molar-refractivity contribution in [3.05, 3.63) is 101 Å². The average Bonchev–Trinajstić information content (AvgIpc) is 2.74. The minimum Gasteiger partial charge on any atom is -0.481 e. The van der Waals surface area contributed by atoms with Crippen LogP contribution in [-0.2, 0) is 27.7 Å². The van der Waals surface area contributed by atoms with E-state index in [1.165, 1.54) is 12.1 Å². The topological polar surface area (TPSA) is 83.5 Å². The number of hydrogen-bond acceptors (Lipinski definition) is 3. The fraction of sp³-hybridized carbons (Fsp3) is 0.208. The maximum atomic E-state index is 13.0. The van der Waals surface area contributed by atoms with E-state index in [1.807, 2.05) is 54.6 Å². The molecule has 0 heterocycles. The number of carbonyl (C=O) groups is 1. The molecule has 0 aliphatic carbocycles. The van der Waals surface area contributed by atoms with Crippen LogP contribution in [0.25, 0.3) is 0 Å². The summed E-state index contributed by atoms with van der Waals surface area (Å²) in [5.41, 5.74) is 2.87. The Labute approximate surface area is 187 Å². The van der Waals surface area contributed by atoms with Crippen molar-refractivity contribution in [2.75, 3.05) is 0 Å². The molecule has 2 N–H and O–H groups in total. The average molecular weight is 458 g/mol. The zero-order valence-corrected chi connectivity index (χ0v) is 18.4. The molecule has 31 heavy (non-hydrogen) atoms. The molecule has 0 fully saturated rings. The summed E-state index contributed by atoms with van der Waals surface area (Å²) in [6.45, 7) is 0. The van der Waals surface area contributed by atoms with Gasteiger partial charge in [-0.2, -0.15) is 0 Å². The molecule has 0 saturated carbocycles. The van der Waals surface area contributed by atoms with E-state index in [2.05, 4.69) is 4.72 Å². The quantitative estimate of drug-likeness (QED) is 0.448. The molecule has 0 unspecified atom stereocenters. The molecule has 3 rings (SSSR count). The molecule has 0 aromatic heterocycles. The fourth-order valence-electron chi connectivity index (χ4n) is 3.31. The SMILES string of the molecule is O=C(O)CCCc1ccc([C@H](Cc2ccccc2)NS(=O)(=O)c2ccc(Cl)cc2)cc1. The van der Waals surface area contributed by atoms with Crippen molar-refractivity contribution in [3.8, 4) is 0 Å². The van der Waals surface area contributed by atoms with Crippen LogP contribution in [0.4, 0.5) is 0 Å². The van der Waals surface area contributed by atoms with Gasteiger partial charge in [-0.05, 0) is 60.2 Å². The van der Waals surface area contributed by atoms with Crippen molar-refractivity contribution in [1.29, 1.82) is 0 Å². The third-order valence-electron chi connectivity index (χ3n) is 4.94. The largest absolute Gasteiger partial charge is 0.481 e. The standard InChI is InChI=1S/C24H24ClNO4S/c25-21-13-15-22(16-14-21)31(29,30)26-23(17-19-5-2-1-3-6-19)20-11-9-18(10-12-20)7-4-8-24(27)28/h1-3,5-6,9-16,23,26H,4,7-8,17H2,(H,27,28)/t23-/m0/s1. The van der Waals surface area contributed by atoms with Crippen LogP contribution in [0.1, 0.15) is 35.6 Å². The number of benzene rings is 3. The lowest BCUT2D eigenvalue weighted by Crippen LogP contribution is -2.30. The van der Waals surface area contributed by atoms with Crippen molar-refractivity contribution in [1.82, 2.24) is 4.72 Å². The van der Waals surface area contributed by atoms with E-state index in [9.17, 15) is 13.2 Å². The van der Waals surface area contributed by atoms with Crippen molar-refractivity contribution < 1.29 is 18.3 Å². The predicted octanol–water partition coefficient (Wildman–Crippen LogP) is 5.01. The first-order chi connectivity index (χ1) is 14.8. The Kier molecular flexibility index (Phi) is 7.85. The number of carboxylic acids is 1. The van der Waals surface area contributed by atoms with Crippen molar-refractivity contribution in [3.63, 3.8) is 0 Å². The van der Waals surface area contributed by atoms with E-state index < -0.39 is 22.0 Å². The molecule has 3 aromatic carbocycles. The van der Waals surface area contributed by atoms with Crippen LogP contribution in [0, 0.1) is 0 Å². The number of nitrogens with one attached hydrogen (secondary N) is 1. The predicted molar refractivity (Wildman–Crippen MR) is 122 cm³/mol. The first kappa shape index (κ1) is 23.0. The van der Waals surface area contributed by atoms with E-state index in [0.717, 1.165) is 16.7 Å². The molecule has 0 saturated heterocycles. The highest BCUT2D eigenvalue weighted by molar-refractivity contribution is 7.89. The van der Waals surface area contributed by atoms with E-state index >= 15 is 0 Å². The Bertz CT molecular complexity index is 1100. The zero-order chi connectivity index (χ0) is 22.3. The van der Waals surface area contributed by atoms with Gasteiger partial charge in [-0.3, -0.25) is 4.79 Å². The maximum absolute atomic E-state index is 13.0. The van der Waals surface area contributed by atoms with Gasteiger partial charge in [0, 0.05) is 11.4 Å². The summed E-state index contributed by atoms with van der Waals surface area (Å²) in [7, 11) is -3.75. The molecule has 0 radical (unpaired) electrons. The second-order valence-electron chi connectivity index (χ2n) is 7.31. The molecule has 1 atom stereocenters. The van der Waals surface area contributed by atoms with E-state index in [-0.39, 0.29) is 11.3 Å². The third kappa shape index (κ3) is 6.92. The van der Waals surface area contributed by atoms with Gasteiger partial charge in [0.15, 0.2) is 0 Å². The van der Waals surface area contributed by atoms with Crippen LogP contribution in [-0.4, -0.2) is 19.5 Å². The maximum Gasteiger partial charge on any atom is 0.303 e. The smallest absolute Gasteiger partial charge is 0.303 e. The second kappa shape index (κ2) is 10.6. The minimum absolute atomic E-state index is 0.124. The number of hydrogen-bond donors (Lipinski definition) is 2. The molecule has 7 heteroatoms. The third-order valence-corrected chi connectivity index (χ3v) is 6.68. The Morgan fingerprint density at radius 3 is 2.16 bits per heavy atom. The number of sulfonamides is 1. The normalized spacial score (nSPS) is 12.4. The summed E-state index contributed by atoms with van der Waals surface area (Å²) in [5.74, 6) is -0.809. The first-order valence-electron chi connectivity index (χ1n) is 9.96. The summed E-state index contributed by atoms with van der Waals surface area (Å²) in [4.78, 5) is 10.9. The molecule has 0 aliphatic heterocycles. The van der Waals surface area contributed by atoms with Crippen molar-refractivity contribution >= 4 is 27.6 Å². The van der Waals surface area contributed by atoms with Crippen LogP contribution in [0.15, 0.2) is 83.8 Å². The van der Waals surface area contributed by atoms with Crippen molar-refractivity contribution in [2.45, 2.75) is 36.6 Å². The number of halogens is 1. The summed E-state index contributed by atoms with van der Waals surface area (Å²) in [5, 5.41) is 9.26. The van der Waals surface area contributed by atoms with Gasteiger partial charge >= 0.3 is 5.97 Å². The minimum atomic E-state index is -3.75. The Balaban J connectivity index is 1.82. The second-order valence-corrected chi connectivity index (χ2v) is 9.46. The van der Waals surface area contributed by atoms with E-state index in [0.29, 0.717) is 24.3 Å². The highest BCUT2D eigenvalue weighted by Crippen LogP contribution is 2.23. The Hall–Kier alpha value is -2.67. The van der Waals surface area contributed by atoms with Gasteiger partial charge in [-0.1, -0.05) is 66.2 Å². The van der Waals surface area contributed by atoms with Crippen LogP contribution < -0.4 is 4.72 Å². The Morgan fingerprint density at radius 1 is 0.903 bits per heavy atom. The van der Waals surface area contributed by atoms with Crippen LogP contribution in [0.3, 0.4) is 0 Å². The number of carboxylic acid groups (broad SMARTS) is 1. The summed E-state index contributed by atoms with van der Waals surface area (Å²) in [6, 6.07) is 22.9. The van der Waals surface area contributed by atoms with Crippen molar-refractivity contribution in [2.24, 2.45) is 0 Å². The Morgan fingerprint density at radius 2 is 1.55 bits per heavy atom. The molecular weight excluding hydrogens is 434 g/mol. The van der Waals surface area contributed by atoms with Gasteiger partial charge in [0.05, 0.1) is 10.9 Å². The van der Waals surface area contributed by atoms with Gasteiger partial charge in [-0.25, -0.2) is 13.1 Å². The van der Waals surface area contributed by atoms with Gasteiger partial charge in [0.25, 0.3) is 0 Å². The number of aryl methyl sites for hydroxylation is 1. The molecule has 162 valence electrons. The first-order valence-corrected chi connectivity index (χ1v) is 11.8. The summed E-state index contributed by atoms with van der Waals surface area (Å²) in [6.07, 6.45) is 1.84. The van der Waals surface area contributed by atoms with Gasteiger partial charge in [0.2, 0.25) is 10.0 Å². The van der Waals surface area contributed by atoms with Gasteiger partial charge in [-0.15, -0.1) is 0 Å². The molecule has 3 aromatic rings. The molecule has 0 spiro atoms. The molecule has 0 aliphatic rings. The molecule has 5 nitrogen and oxygen atoms in total. The summed E-state index contributed by atoms with van der Waals surface area (Å²) >= 11 is 5.89. The highest BCUT2D eigenvalue weighted by atomic mass is 35.5. The lowest BCUT2D eigenvalue weighted by Gasteiger charge is -2.20. The zero-order valence-electron chi connectivity index (χ0n) is 16.9. The molecule has 0 amide bonds. The lowest BCUT2D eigenvalue weighted by molar-refractivity contribution is -0.137. The number of aliphatic carboxylic acids is 1. The van der Waals surface area contributed by atoms with Crippen LogP contribution in [0.5, 0.6) is 0 Å². The van der Waals surface area contributed by atoms with E-state index in [4.69, 9.17) is 16.7 Å². The van der Waals surface area contributed by atoms with E-state index in [1.54, 1.807) is 12.1 Å². The van der Waals surface area contributed by atoms with Gasteiger partial charge in [0.1, 0.15) is 0 Å². The summed E-state index contributed by atoms with van der Waals surface area (Å²) < 4.78 is 28.8. The molecular formula is C24H24ClNO4S. The van der Waals surface area contributed by atoms with Crippen LogP contribution >= 0.6 is 11.6 Å². The number of rotatable bonds is 10.